The lowest BCUT2D eigenvalue weighted by Gasteiger charge is -2.12. The van der Waals surface area contributed by atoms with E-state index in [2.05, 4.69) is 24.5 Å². The molecule has 0 aromatic carbocycles. The zero-order valence-electron chi connectivity index (χ0n) is 11.3. The van der Waals surface area contributed by atoms with Gasteiger partial charge in [-0.2, -0.15) is 0 Å². The summed E-state index contributed by atoms with van der Waals surface area (Å²) < 4.78 is 0. The van der Waals surface area contributed by atoms with E-state index in [-0.39, 0.29) is 5.91 Å². The molecule has 4 nitrogen and oxygen atoms in total. The third-order valence-electron chi connectivity index (χ3n) is 2.64. The van der Waals surface area contributed by atoms with Gasteiger partial charge in [-0.3, -0.25) is 4.79 Å². The van der Waals surface area contributed by atoms with Crippen LogP contribution in [0.1, 0.15) is 36.9 Å². The van der Waals surface area contributed by atoms with E-state index in [1.54, 1.807) is 11.8 Å². The average Bonchev–Trinajstić information content (AvgIpc) is 2.65. The molecule has 0 aliphatic heterocycles. The molecule has 102 valence electrons. The molecule has 0 aliphatic rings. The molecule has 1 atom stereocenters. The first-order valence-electron chi connectivity index (χ1n) is 6.06. The molecule has 6 heteroatoms. The minimum atomic E-state index is -0.0903. The van der Waals surface area contributed by atoms with Crippen molar-refractivity contribution in [2.75, 3.05) is 23.9 Å². The number of amides is 1. The van der Waals surface area contributed by atoms with Gasteiger partial charge in [0.25, 0.3) is 5.91 Å². The van der Waals surface area contributed by atoms with Crippen molar-refractivity contribution in [3.05, 3.63) is 4.88 Å². The molecule has 1 heterocycles. The second-order valence-corrected chi connectivity index (χ2v) is 5.86. The van der Waals surface area contributed by atoms with Crippen LogP contribution in [0.15, 0.2) is 4.90 Å². The van der Waals surface area contributed by atoms with Gasteiger partial charge in [0, 0.05) is 12.6 Å². The molecule has 0 fully saturated rings. The van der Waals surface area contributed by atoms with Crippen LogP contribution in [0.25, 0.3) is 0 Å². The van der Waals surface area contributed by atoms with Crippen LogP contribution >= 0.6 is 23.1 Å². The highest BCUT2D eigenvalue weighted by Gasteiger charge is 2.20. The highest BCUT2D eigenvalue weighted by molar-refractivity contribution is 7.99. The average molecular weight is 287 g/mol. The monoisotopic (exact) mass is 287 g/mol. The molecule has 0 saturated carbocycles. The summed E-state index contributed by atoms with van der Waals surface area (Å²) in [5.74, 6) is -0.0903. The highest BCUT2D eigenvalue weighted by atomic mass is 32.2. The van der Waals surface area contributed by atoms with Crippen molar-refractivity contribution in [2.24, 2.45) is 0 Å². The summed E-state index contributed by atoms with van der Waals surface area (Å²) in [5, 5.41) is 7.19. The Balaban J connectivity index is 3.04. The van der Waals surface area contributed by atoms with Crippen molar-refractivity contribution >= 4 is 39.7 Å². The van der Waals surface area contributed by atoms with Gasteiger partial charge >= 0.3 is 0 Å². The zero-order chi connectivity index (χ0) is 13.7. The molecule has 1 aromatic rings. The van der Waals surface area contributed by atoms with Gasteiger partial charge in [-0.15, -0.1) is 23.1 Å². The molecule has 4 N–H and O–H groups in total. The van der Waals surface area contributed by atoms with Gasteiger partial charge in [0.1, 0.15) is 9.88 Å². The summed E-state index contributed by atoms with van der Waals surface area (Å²) in [6.07, 6.45) is 3.00. The van der Waals surface area contributed by atoms with Crippen LogP contribution in [0.4, 0.5) is 10.7 Å². The molecule has 0 spiro atoms. The standard InChI is InChI=1S/C12H21N3OS2/c1-5-7(3)15-12-10(17-4)8(13)9(18-12)11(16)14-6-2/h7,15H,5-6,13H2,1-4H3,(H,14,16). The van der Waals surface area contributed by atoms with E-state index >= 15 is 0 Å². The van der Waals surface area contributed by atoms with Crippen molar-refractivity contribution in [3.63, 3.8) is 0 Å². The molecule has 0 saturated heterocycles. The number of hydrogen-bond donors (Lipinski definition) is 3. The quantitative estimate of drug-likeness (QED) is 0.704. The summed E-state index contributed by atoms with van der Waals surface area (Å²) >= 11 is 3.01. The Kier molecular flexibility index (Phi) is 5.81. The summed E-state index contributed by atoms with van der Waals surface area (Å²) in [4.78, 5) is 13.5. The van der Waals surface area contributed by atoms with Gasteiger partial charge in [-0.25, -0.2) is 0 Å². The van der Waals surface area contributed by atoms with E-state index in [9.17, 15) is 4.79 Å². The minimum absolute atomic E-state index is 0.0903. The third-order valence-corrected chi connectivity index (χ3v) is 4.73. The number of nitrogens with one attached hydrogen (secondary N) is 2. The molecule has 0 radical (unpaired) electrons. The second-order valence-electron chi connectivity index (χ2n) is 4.02. The molecule has 1 rings (SSSR count). The van der Waals surface area contributed by atoms with E-state index in [4.69, 9.17) is 5.73 Å². The molecular formula is C12H21N3OS2. The van der Waals surface area contributed by atoms with Gasteiger partial charge < -0.3 is 16.4 Å². The molecule has 1 unspecified atom stereocenters. The number of nitrogens with two attached hydrogens (primary N) is 1. The van der Waals surface area contributed by atoms with Crippen molar-refractivity contribution < 1.29 is 4.79 Å². The van der Waals surface area contributed by atoms with Crippen molar-refractivity contribution in [1.82, 2.24) is 5.32 Å². The van der Waals surface area contributed by atoms with Gasteiger partial charge in [0.2, 0.25) is 0 Å². The number of rotatable bonds is 6. The Morgan fingerprint density at radius 1 is 1.50 bits per heavy atom. The smallest absolute Gasteiger partial charge is 0.263 e. The van der Waals surface area contributed by atoms with E-state index in [1.165, 1.54) is 11.3 Å². The fourth-order valence-corrected chi connectivity index (χ4v) is 3.51. The Morgan fingerprint density at radius 3 is 2.67 bits per heavy atom. The highest BCUT2D eigenvalue weighted by Crippen LogP contribution is 2.41. The van der Waals surface area contributed by atoms with Crippen molar-refractivity contribution in [3.8, 4) is 0 Å². The Labute approximate surface area is 117 Å². The predicted molar refractivity (Wildman–Crippen MR) is 81.9 cm³/mol. The summed E-state index contributed by atoms with van der Waals surface area (Å²) in [6.45, 7) is 6.75. The molecule has 1 amide bonds. The van der Waals surface area contributed by atoms with Crippen molar-refractivity contribution in [1.29, 1.82) is 0 Å². The molecular weight excluding hydrogens is 266 g/mol. The molecule has 1 aromatic heterocycles. The summed E-state index contributed by atoms with van der Waals surface area (Å²) in [5.41, 5.74) is 6.64. The summed E-state index contributed by atoms with van der Waals surface area (Å²) in [7, 11) is 0. The zero-order valence-corrected chi connectivity index (χ0v) is 12.9. The number of carbonyl (C=O) groups excluding carboxylic acids is 1. The molecule has 0 aliphatic carbocycles. The Morgan fingerprint density at radius 2 is 2.17 bits per heavy atom. The number of carbonyl (C=O) groups is 1. The van der Waals surface area contributed by atoms with Gasteiger partial charge in [-0.1, -0.05) is 6.92 Å². The van der Waals surface area contributed by atoms with Crippen LogP contribution < -0.4 is 16.4 Å². The van der Waals surface area contributed by atoms with Crippen LogP contribution in [-0.4, -0.2) is 24.7 Å². The lowest BCUT2D eigenvalue weighted by atomic mass is 10.2. The fourth-order valence-electron chi connectivity index (χ4n) is 1.46. The maximum absolute atomic E-state index is 11.9. The minimum Gasteiger partial charge on any atom is -0.396 e. The summed E-state index contributed by atoms with van der Waals surface area (Å²) in [6, 6.07) is 0.371. The number of hydrogen-bond acceptors (Lipinski definition) is 5. The van der Waals surface area contributed by atoms with Gasteiger partial charge in [0.05, 0.1) is 10.6 Å². The van der Waals surface area contributed by atoms with E-state index in [0.29, 0.717) is 23.2 Å². The van der Waals surface area contributed by atoms with Crippen LogP contribution in [0.5, 0.6) is 0 Å². The fraction of sp³-hybridized carbons (Fsp3) is 0.583. The first kappa shape index (κ1) is 15.2. The van der Waals surface area contributed by atoms with E-state index in [1.807, 2.05) is 13.2 Å². The maximum atomic E-state index is 11.9. The number of thioether (sulfide) groups is 1. The largest absolute Gasteiger partial charge is 0.396 e. The van der Waals surface area contributed by atoms with Crippen LogP contribution in [0.3, 0.4) is 0 Å². The third kappa shape index (κ3) is 3.32. The maximum Gasteiger partial charge on any atom is 0.263 e. The first-order chi connectivity index (χ1) is 8.54. The number of anilines is 2. The van der Waals surface area contributed by atoms with Crippen LogP contribution in [0.2, 0.25) is 0 Å². The van der Waals surface area contributed by atoms with E-state index < -0.39 is 0 Å². The first-order valence-corrected chi connectivity index (χ1v) is 8.10. The normalized spacial score (nSPS) is 12.2. The molecule has 0 bridgehead atoms. The topological polar surface area (TPSA) is 67.2 Å². The van der Waals surface area contributed by atoms with Crippen LogP contribution in [-0.2, 0) is 0 Å². The lowest BCUT2D eigenvalue weighted by molar-refractivity contribution is 0.0960. The molecule has 18 heavy (non-hydrogen) atoms. The second kappa shape index (κ2) is 6.89. The lowest BCUT2D eigenvalue weighted by Crippen LogP contribution is -2.22. The number of thiophene rings is 1. The van der Waals surface area contributed by atoms with Crippen LogP contribution in [0, 0.1) is 0 Å². The Hall–Kier alpha value is -0.880. The van der Waals surface area contributed by atoms with Gasteiger partial charge in [0.15, 0.2) is 0 Å². The van der Waals surface area contributed by atoms with E-state index in [0.717, 1.165) is 16.3 Å². The van der Waals surface area contributed by atoms with Gasteiger partial charge in [-0.05, 0) is 26.5 Å². The van der Waals surface area contributed by atoms with Crippen molar-refractivity contribution in [2.45, 2.75) is 38.1 Å². The predicted octanol–water partition coefficient (Wildman–Crippen LogP) is 3.01. The SMILES string of the molecule is CCNC(=O)c1sc(NC(C)CC)c(SC)c1N. The number of nitrogen functional groups attached to an aromatic ring is 1. The Bertz CT molecular complexity index is 418.